The monoisotopic (exact) mass is 648 g/mol. The Kier molecular flexibility index (Phi) is 10.7. The fraction of sp³-hybridized carbons (Fsp3) is 0.655. The predicted octanol–water partition coefficient (Wildman–Crippen LogP) is 6.02. The number of halogens is 5. The van der Waals surface area contributed by atoms with Gasteiger partial charge in [-0.2, -0.15) is 18.3 Å². The van der Waals surface area contributed by atoms with Gasteiger partial charge in [0.15, 0.2) is 5.69 Å². The number of aliphatic hydroxyl groups excluding tert-OH is 1. The highest BCUT2D eigenvalue weighted by Gasteiger charge is 2.44. The molecule has 1 amide bonds. The Morgan fingerprint density at radius 3 is 2.28 bits per heavy atom. The lowest BCUT2D eigenvalue weighted by Crippen LogP contribution is -2.41. The van der Waals surface area contributed by atoms with E-state index in [9.17, 15) is 33.0 Å². The van der Waals surface area contributed by atoms with Crippen molar-refractivity contribution in [1.82, 2.24) is 19.7 Å². The second kappa shape index (κ2) is 13.7. The highest BCUT2D eigenvalue weighted by molar-refractivity contribution is 6.35. The average molecular weight is 650 g/mol. The number of carbonyl (C=O) groups is 2. The summed E-state index contributed by atoms with van der Waals surface area (Å²) in [5.41, 5.74) is -2.52. The van der Waals surface area contributed by atoms with Crippen LogP contribution in [0.5, 0.6) is 0 Å². The number of carbonyl (C=O) groups excluding carboxylic acids is 2. The Morgan fingerprint density at radius 1 is 1.12 bits per heavy atom. The largest absolute Gasteiger partial charge is 0.466 e. The summed E-state index contributed by atoms with van der Waals surface area (Å²) < 4.78 is 49.7. The molecule has 43 heavy (non-hydrogen) atoms. The Hall–Kier alpha value is -2.41. The van der Waals surface area contributed by atoms with Crippen LogP contribution in [0.3, 0.4) is 0 Å². The molecular formula is C29H37Cl2F3N4O5. The second-order valence-electron chi connectivity index (χ2n) is 11.8. The first-order valence-corrected chi connectivity index (χ1v) is 15.3. The molecule has 0 saturated heterocycles. The van der Waals surface area contributed by atoms with Gasteiger partial charge in [0, 0.05) is 24.5 Å². The summed E-state index contributed by atoms with van der Waals surface area (Å²) in [5, 5.41) is 25.6. The zero-order valence-corrected chi connectivity index (χ0v) is 25.6. The molecule has 0 aliphatic heterocycles. The van der Waals surface area contributed by atoms with E-state index in [1.807, 2.05) is 0 Å². The molecule has 2 fully saturated rings. The van der Waals surface area contributed by atoms with Crippen molar-refractivity contribution in [2.75, 3.05) is 19.7 Å². The molecule has 0 bridgehead atoms. The van der Waals surface area contributed by atoms with Crippen molar-refractivity contribution in [3.63, 3.8) is 0 Å². The number of nitrogens with zero attached hydrogens (tertiary/aromatic N) is 4. The van der Waals surface area contributed by atoms with Crippen LogP contribution in [0.1, 0.15) is 99.0 Å². The van der Waals surface area contributed by atoms with Gasteiger partial charge in [0.25, 0.3) is 5.91 Å². The van der Waals surface area contributed by atoms with Gasteiger partial charge in [0.1, 0.15) is 0 Å². The van der Waals surface area contributed by atoms with Crippen LogP contribution in [0.15, 0.2) is 18.6 Å². The third-order valence-corrected chi connectivity index (χ3v) is 9.12. The molecule has 2 aromatic rings. The third-order valence-electron chi connectivity index (χ3n) is 8.52. The first-order chi connectivity index (χ1) is 20.2. The Balaban J connectivity index is 1.62. The molecule has 2 aliphatic rings. The molecule has 1 unspecified atom stereocenters. The summed E-state index contributed by atoms with van der Waals surface area (Å²) >= 11 is 12.4. The minimum Gasteiger partial charge on any atom is -0.466 e. The van der Waals surface area contributed by atoms with Crippen molar-refractivity contribution in [3.05, 3.63) is 45.5 Å². The summed E-state index contributed by atoms with van der Waals surface area (Å²) in [6.45, 7) is 3.34. The Bertz CT molecular complexity index is 1270. The highest BCUT2D eigenvalue weighted by atomic mass is 35.5. The van der Waals surface area contributed by atoms with E-state index in [0.717, 1.165) is 10.9 Å². The predicted molar refractivity (Wildman–Crippen MR) is 153 cm³/mol. The maximum atomic E-state index is 14.6. The van der Waals surface area contributed by atoms with Crippen LogP contribution in [0.4, 0.5) is 13.2 Å². The number of rotatable bonds is 9. The van der Waals surface area contributed by atoms with E-state index < -0.39 is 41.1 Å². The smallest absolute Gasteiger partial charge is 0.433 e. The van der Waals surface area contributed by atoms with E-state index in [4.69, 9.17) is 27.9 Å². The maximum Gasteiger partial charge on any atom is 0.433 e. The number of aromatic nitrogens is 3. The number of hydrogen-bond acceptors (Lipinski definition) is 7. The maximum absolute atomic E-state index is 14.6. The molecule has 2 aromatic heterocycles. The minimum atomic E-state index is -4.90. The molecule has 4 rings (SSSR count). The van der Waals surface area contributed by atoms with Gasteiger partial charge in [0.05, 0.1) is 58.6 Å². The Labute approximate surface area is 258 Å². The fourth-order valence-electron chi connectivity index (χ4n) is 6.14. The third kappa shape index (κ3) is 8.01. The van der Waals surface area contributed by atoms with E-state index in [1.165, 1.54) is 17.3 Å². The summed E-state index contributed by atoms with van der Waals surface area (Å²) in [4.78, 5) is 31.1. The van der Waals surface area contributed by atoms with Gasteiger partial charge in [-0.05, 0) is 71.1 Å². The molecular weight excluding hydrogens is 612 g/mol. The second-order valence-corrected chi connectivity index (χ2v) is 12.6. The lowest BCUT2D eigenvalue weighted by Gasteiger charge is -2.36. The first-order valence-electron chi connectivity index (χ1n) is 14.5. The molecule has 0 radical (unpaired) electrons. The number of aliphatic hydroxyl groups is 2. The standard InChI is InChI=1S/C29H37Cl2F3N4O5/c1-3-43-27(41)18-4-6-19(7-5-18)38-25(29(32,33)34)20(12-36-38)26(40)37(15-17-8-10-28(2,42)11-9-17)16-23(39)24-21(30)13-35-14-22(24)31/h12-14,17-19,23,39,42H,3-11,15-16H2,1-2H3. The van der Waals surface area contributed by atoms with Crippen LogP contribution in [0.2, 0.25) is 10.0 Å². The van der Waals surface area contributed by atoms with Crippen molar-refractivity contribution in [2.45, 2.75) is 89.1 Å². The number of hydrogen-bond donors (Lipinski definition) is 2. The Morgan fingerprint density at radius 2 is 1.72 bits per heavy atom. The van der Waals surface area contributed by atoms with Crippen LogP contribution in [0.25, 0.3) is 0 Å². The molecule has 2 aliphatic carbocycles. The number of pyridine rings is 1. The van der Waals surface area contributed by atoms with Gasteiger partial charge in [-0.15, -0.1) is 0 Å². The van der Waals surface area contributed by atoms with Gasteiger partial charge in [-0.25, -0.2) is 0 Å². The summed E-state index contributed by atoms with van der Waals surface area (Å²) in [7, 11) is 0. The van der Waals surface area contributed by atoms with E-state index in [2.05, 4.69) is 10.1 Å². The van der Waals surface area contributed by atoms with Crippen LogP contribution in [0, 0.1) is 11.8 Å². The van der Waals surface area contributed by atoms with Gasteiger partial charge >= 0.3 is 12.1 Å². The van der Waals surface area contributed by atoms with Gasteiger partial charge in [0.2, 0.25) is 0 Å². The van der Waals surface area contributed by atoms with Crippen molar-refractivity contribution in [1.29, 1.82) is 0 Å². The normalized spacial score (nSPS) is 25.3. The average Bonchev–Trinajstić information content (AvgIpc) is 3.40. The van der Waals surface area contributed by atoms with Gasteiger partial charge < -0.3 is 19.8 Å². The van der Waals surface area contributed by atoms with E-state index >= 15 is 0 Å². The fourth-order valence-corrected chi connectivity index (χ4v) is 6.76. The molecule has 2 N–H and O–H groups in total. The summed E-state index contributed by atoms with van der Waals surface area (Å²) in [5.74, 6) is -1.79. The number of ether oxygens (including phenoxy) is 1. The van der Waals surface area contributed by atoms with Crippen molar-refractivity contribution in [3.8, 4) is 0 Å². The number of amides is 1. The zero-order valence-electron chi connectivity index (χ0n) is 24.1. The lowest BCUT2D eigenvalue weighted by atomic mass is 9.79. The quantitative estimate of drug-likeness (QED) is 0.320. The van der Waals surface area contributed by atoms with Crippen molar-refractivity contribution in [2.24, 2.45) is 11.8 Å². The lowest BCUT2D eigenvalue weighted by molar-refractivity contribution is -0.151. The molecule has 0 aromatic carbocycles. The number of esters is 1. The topological polar surface area (TPSA) is 118 Å². The molecule has 14 heteroatoms. The molecule has 0 spiro atoms. The van der Waals surface area contributed by atoms with E-state index in [1.54, 1.807) is 13.8 Å². The first kappa shape index (κ1) is 33.5. The zero-order chi connectivity index (χ0) is 31.5. The van der Waals surface area contributed by atoms with Gasteiger partial charge in [-0.3, -0.25) is 19.3 Å². The molecule has 2 saturated carbocycles. The molecule has 1 atom stereocenters. The van der Waals surface area contributed by atoms with Crippen molar-refractivity contribution < 1.29 is 37.7 Å². The molecule has 9 nitrogen and oxygen atoms in total. The summed E-state index contributed by atoms with van der Waals surface area (Å²) in [6, 6.07) is -0.655. The van der Waals surface area contributed by atoms with Gasteiger partial charge in [-0.1, -0.05) is 23.2 Å². The SMILES string of the molecule is CCOC(=O)C1CCC(n2ncc(C(=O)N(CC3CCC(C)(O)CC3)CC(O)c3c(Cl)cncc3Cl)c2C(F)(F)F)CC1. The summed E-state index contributed by atoms with van der Waals surface area (Å²) in [6.07, 6.45) is 0.491. The van der Waals surface area contributed by atoms with Crippen LogP contribution >= 0.6 is 23.2 Å². The van der Waals surface area contributed by atoms with Crippen LogP contribution in [-0.4, -0.2) is 67.1 Å². The van der Waals surface area contributed by atoms with Crippen LogP contribution < -0.4 is 0 Å². The van der Waals surface area contributed by atoms with Crippen LogP contribution in [-0.2, 0) is 15.7 Å². The molecule has 238 valence electrons. The van der Waals surface area contributed by atoms with Crippen molar-refractivity contribution >= 4 is 35.1 Å². The van der Waals surface area contributed by atoms with E-state index in [0.29, 0.717) is 38.5 Å². The minimum absolute atomic E-state index is 0.0550. The highest BCUT2D eigenvalue weighted by Crippen LogP contribution is 2.40. The molecule has 2 heterocycles. The van der Waals surface area contributed by atoms with E-state index in [-0.39, 0.29) is 66.0 Å². The number of alkyl halides is 3.